The number of aliphatic imine (C=N–C) groups is 1. The van der Waals surface area contributed by atoms with Crippen molar-refractivity contribution in [1.82, 2.24) is 4.98 Å². The molecule has 4 rings (SSSR count). The zero-order chi connectivity index (χ0) is 16.0. The number of halogens is 1. The average Bonchev–Trinajstić information content (AvgIpc) is 2.96. The molecule has 116 valence electrons. The molecule has 0 bridgehead atoms. The number of hydrogen-bond acceptors (Lipinski definition) is 1. The van der Waals surface area contributed by atoms with Crippen LogP contribution in [0, 0.1) is 5.82 Å². The lowest BCUT2D eigenvalue weighted by Gasteiger charge is -2.17. The van der Waals surface area contributed by atoms with Crippen molar-refractivity contribution in [2.24, 2.45) is 4.99 Å². The first kappa shape index (κ1) is 14.2. The van der Waals surface area contributed by atoms with Crippen LogP contribution < -0.4 is 0 Å². The monoisotopic (exact) mass is 306 g/mol. The van der Waals surface area contributed by atoms with Gasteiger partial charge in [-0.1, -0.05) is 6.92 Å². The summed E-state index contributed by atoms with van der Waals surface area (Å²) >= 11 is 0. The van der Waals surface area contributed by atoms with Gasteiger partial charge in [0.1, 0.15) is 5.82 Å². The molecule has 0 spiro atoms. The van der Waals surface area contributed by atoms with Crippen molar-refractivity contribution in [2.45, 2.75) is 33.1 Å². The Morgan fingerprint density at radius 1 is 1.13 bits per heavy atom. The highest BCUT2D eigenvalue weighted by Gasteiger charge is 2.16. The third-order valence-electron chi connectivity index (χ3n) is 4.69. The van der Waals surface area contributed by atoms with Crippen molar-refractivity contribution in [3.05, 3.63) is 53.5 Å². The van der Waals surface area contributed by atoms with Crippen LogP contribution in [0.5, 0.6) is 0 Å². The van der Waals surface area contributed by atoms with Gasteiger partial charge in [0.25, 0.3) is 0 Å². The maximum Gasteiger partial charge on any atom is 0.125 e. The summed E-state index contributed by atoms with van der Waals surface area (Å²) in [6, 6.07) is 9.43. The number of aromatic nitrogens is 1. The molecule has 2 aromatic carbocycles. The molecule has 1 aromatic heterocycles. The molecule has 0 radical (unpaired) electrons. The van der Waals surface area contributed by atoms with E-state index in [1.165, 1.54) is 28.5 Å². The summed E-state index contributed by atoms with van der Waals surface area (Å²) < 4.78 is 13.4. The molecule has 1 aliphatic heterocycles. The number of hydrogen-bond donors (Lipinski definition) is 1. The minimum atomic E-state index is -0.211. The molecule has 1 N–H and O–H groups in total. The molecule has 0 atom stereocenters. The van der Waals surface area contributed by atoms with Gasteiger partial charge in [0.2, 0.25) is 0 Å². The maximum atomic E-state index is 13.4. The molecule has 3 aromatic rings. The van der Waals surface area contributed by atoms with Gasteiger partial charge in [-0.3, -0.25) is 4.99 Å². The molecule has 2 heterocycles. The van der Waals surface area contributed by atoms with Crippen molar-refractivity contribution in [2.75, 3.05) is 0 Å². The van der Waals surface area contributed by atoms with E-state index in [-0.39, 0.29) is 5.82 Å². The fourth-order valence-corrected chi connectivity index (χ4v) is 3.42. The van der Waals surface area contributed by atoms with Crippen molar-refractivity contribution >= 4 is 22.3 Å². The number of fused-ring (bicyclic) bond motifs is 2. The molecule has 1 aliphatic rings. The molecular formula is C20H19FN2. The molecule has 0 saturated carbocycles. The largest absolute Gasteiger partial charge is 0.360 e. The topological polar surface area (TPSA) is 28.1 Å². The lowest BCUT2D eigenvalue weighted by atomic mass is 9.91. The molecule has 0 amide bonds. The van der Waals surface area contributed by atoms with E-state index in [9.17, 15) is 4.39 Å². The number of rotatable bonds is 2. The van der Waals surface area contributed by atoms with Crippen LogP contribution in [-0.2, 0) is 12.8 Å². The predicted octanol–water partition coefficient (Wildman–Crippen LogP) is 5.58. The van der Waals surface area contributed by atoms with Crippen LogP contribution in [0.25, 0.3) is 22.0 Å². The van der Waals surface area contributed by atoms with E-state index in [1.54, 1.807) is 6.07 Å². The second-order valence-electron chi connectivity index (χ2n) is 6.23. The van der Waals surface area contributed by atoms with E-state index in [0.717, 1.165) is 41.4 Å². The standard InChI is InChI=1S/C20H19FN2/c1-3-13-9-19-14(5-4-12(2)23-19)8-17(13)18-11-22-20-10-15(21)6-7-16(18)20/h6-11,22H,3-5H2,1-2H3. The molecule has 0 saturated heterocycles. The average molecular weight is 306 g/mol. The van der Waals surface area contributed by atoms with Crippen LogP contribution in [0.15, 0.2) is 41.5 Å². The Labute approximate surface area is 135 Å². The molecular weight excluding hydrogens is 287 g/mol. The first-order valence-corrected chi connectivity index (χ1v) is 8.12. The second-order valence-corrected chi connectivity index (χ2v) is 6.23. The first-order chi connectivity index (χ1) is 11.2. The Kier molecular flexibility index (Phi) is 3.29. The summed E-state index contributed by atoms with van der Waals surface area (Å²) in [5, 5.41) is 1.07. The van der Waals surface area contributed by atoms with Gasteiger partial charge < -0.3 is 4.98 Å². The number of aromatic amines is 1. The van der Waals surface area contributed by atoms with Crippen molar-refractivity contribution < 1.29 is 4.39 Å². The third kappa shape index (κ3) is 2.37. The van der Waals surface area contributed by atoms with Gasteiger partial charge in [0.05, 0.1) is 5.69 Å². The van der Waals surface area contributed by atoms with Gasteiger partial charge >= 0.3 is 0 Å². The summed E-state index contributed by atoms with van der Waals surface area (Å²) in [6.45, 7) is 4.26. The molecule has 23 heavy (non-hydrogen) atoms. The Morgan fingerprint density at radius 3 is 2.83 bits per heavy atom. The molecule has 3 heteroatoms. The van der Waals surface area contributed by atoms with Crippen molar-refractivity contribution in [3.63, 3.8) is 0 Å². The second kappa shape index (κ2) is 5.34. The van der Waals surface area contributed by atoms with E-state index in [1.807, 2.05) is 12.3 Å². The summed E-state index contributed by atoms with van der Waals surface area (Å²) in [4.78, 5) is 7.91. The third-order valence-corrected chi connectivity index (χ3v) is 4.69. The normalized spacial score (nSPS) is 14.0. The smallest absolute Gasteiger partial charge is 0.125 e. The lowest BCUT2D eigenvalue weighted by molar-refractivity contribution is 0.629. The number of nitrogens with one attached hydrogen (secondary N) is 1. The van der Waals surface area contributed by atoms with E-state index >= 15 is 0 Å². The number of benzene rings is 2. The molecule has 0 aliphatic carbocycles. The lowest BCUT2D eigenvalue weighted by Crippen LogP contribution is -2.03. The van der Waals surface area contributed by atoms with Gasteiger partial charge in [-0.25, -0.2) is 4.39 Å². The highest BCUT2D eigenvalue weighted by atomic mass is 19.1. The Hall–Kier alpha value is -2.42. The Morgan fingerprint density at radius 2 is 2.00 bits per heavy atom. The molecule has 0 unspecified atom stereocenters. The highest BCUT2D eigenvalue weighted by molar-refractivity contribution is 5.97. The maximum absolute atomic E-state index is 13.4. The number of H-pyrrole nitrogens is 1. The van der Waals surface area contributed by atoms with Crippen LogP contribution in [0.1, 0.15) is 31.4 Å². The van der Waals surface area contributed by atoms with Crippen LogP contribution in [0.3, 0.4) is 0 Å². The zero-order valence-electron chi connectivity index (χ0n) is 13.4. The first-order valence-electron chi connectivity index (χ1n) is 8.12. The highest BCUT2D eigenvalue weighted by Crippen LogP contribution is 2.37. The predicted molar refractivity (Wildman–Crippen MR) is 94.2 cm³/mol. The van der Waals surface area contributed by atoms with Crippen LogP contribution >= 0.6 is 0 Å². The summed E-state index contributed by atoms with van der Waals surface area (Å²) in [5.74, 6) is -0.211. The molecule has 2 nitrogen and oxygen atoms in total. The fraction of sp³-hybridized carbons (Fsp3) is 0.250. The van der Waals surface area contributed by atoms with Crippen LogP contribution in [0.2, 0.25) is 0 Å². The van der Waals surface area contributed by atoms with Gasteiger partial charge in [-0.2, -0.15) is 0 Å². The number of nitrogens with zero attached hydrogens (tertiary/aromatic N) is 1. The van der Waals surface area contributed by atoms with Gasteiger partial charge in [0.15, 0.2) is 0 Å². The summed E-state index contributed by atoms with van der Waals surface area (Å²) in [7, 11) is 0. The van der Waals surface area contributed by atoms with Gasteiger partial charge in [-0.05, 0) is 73.2 Å². The van der Waals surface area contributed by atoms with Crippen molar-refractivity contribution in [1.29, 1.82) is 0 Å². The van der Waals surface area contributed by atoms with Crippen molar-refractivity contribution in [3.8, 4) is 11.1 Å². The fourth-order valence-electron chi connectivity index (χ4n) is 3.42. The minimum absolute atomic E-state index is 0.211. The van der Waals surface area contributed by atoms with Crippen LogP contribution in [0.4, 0.5) is 10.1 Å². The Bertz CT molecular complexity index is 934. The summed E-state index contributed by atoms with van der Waals surface area (Å²) in [5.41, 5.74) is 8.13. The molecule has 0 fully saturated rings. The van der Waals surface area contributed by atoms with E-state index in [0.29, 0.717) is 0 Å². The quantitative estimate of drug-likeness (QED) is 0.640. The summed E-state index contributed by atoms with van der Waals surface area (Å²) in [6.07, 6.45) is 5.00. The zero-order valence-corrected chi connectivity index (χ0v) is 13.4. The van der Waals surface area contributed by atoms with E-state index < -0.39 is 0 Å². The van der Waals surface area contributed by atoms with E-state index in [4.69, 9.17) is 4.99 Å². The minimum Gasteiger partial charge on any atom is -0.360 e. The van der Waals surface area contributed by atoms with Gasteiger partial charge in [0, 0.05) is 28.4 Å². The van der Waals surface area contributed by atoms with Crippen LogP contribution in [-0.4, -0.2) is 10.7 Å². The van der Waals surface area contributed by atoms with E-state index in [2.05, 4.69) is 31.0 Å². The number of aryl methyl sites for hydroxylation is 2. The Balaban J connectivity index is 1.94. The SMILES string of the molecule is CCc1cc2c(cc1-c1c[nH]c3cc(F)ccc13)CCC(C)=N2. The van der Waals surface area contributed by atoms with Gasteiger partial charge in [-0.15, -0.1) is 0 Å².